The summed E-state index contributed by atoms with van der Waals surface area (Å²) in [7, 11) is 3.80. The molecule has 0 fully saturated rings. The Morgan fingerprint density at radius 1 is 1.37 bits per heavy atom. The SMILES string of the molecule is CCCCC(CC)COC(=O)/C(N)=C\C=C\N(C)C. The number of nitrogens with zero attached hydrogens (tertiary/aromatic N) is 1. The summed E-state index contributed by atoms with van der Waals surface area (Å²) in [5, 5.41) is 0. The van der Waals surface area contributed by atoms with E-state index >= 15 is 0 Å². The second-order valence-electron chi connectivity index (χ2n) is 4.94. The lowest BCUT2D eigenvalue weighted by molar-refractivity contribution is -0.140. The number of ether oxygens (including phenoxy) is 1. The van der Waals surface area contributed by atoms with E-state index in [1.165, 1.54) is 12.8 Å². The van der Waals surface area contributed by atoms with Gasteiger partial charge < -0.3 is 15.4 Å². The van der Waals surface area contributed by atoms with Gasteiger partial charge in [0.05, 0.1) is 6.61 Å². The van der Waals surface area contributed by atoms with Crippen LogP contribution in [0.1, 0.15) is 39.5 Å². The lowest BCUT2D eigenvalue weighted by Crippen LogP contribution is -2.19. The molecule has 0 aliphatic rings. The van der Waals surface area contributed by atoms with Crippen LogP contribution in [-0.4, -0.2) is 31.6 Å². The van der Waals surface area contributed by atoms with Gasteiger partial charge in [0.15, 0.2) is 0 Å². The zero-order valence-corrected chi connectivity index (χ0v) is 12.7. The third kappa shape index (κ3) is 9.17. The van der Waals surface area contributed by atoms with Crippen molar-refractivity contribution in [1.29, 1.82) is 0 Å². The van der Waals surface area contributed by atoms with Gasteiger partial charge in [0.2, 0.25) is 0 Å². The summed E-state index contributed by atoms with van der Waals surface area (Å²) in [5.74, 6) is 0.00683. The van der Waals surface area contributed by atoms with E-state index in [1.807, 2.05) is 25.2 Å². The summed E-state index contributed by atoms with van der Waals surface area (Å²) < 4.78 is 5.23. The molecule has 19 heavy (non-hydrogen) atoms. The van der Waals surface area contributed by atoms with Crippen molar-refractivity contribution in [2.75, 3.05) is 20.7 Å². The van der Waals surface area contributed by atoms with Gasteiger partial charge in [-0.25, -0.2) is 4.79 Å². The monoisotopic (exact) mass is 268 g/mol. The number of rotatable bonds is 9. The van der Waals surface area contributed by atoms with Crippen LogP contribution in [0.3, 0.4) is 0 Å². The molecule has 1 unspecified atom stereocenters. The van der Waals surface area contributed by atoms with Crippen molar-refractivity contribution in [3.05, 3.63) is 24.0 Å². The Kier molecular flexibility index (Phi) is 9.67. The van der Waals surface area contributed by atoms with Crippen molar-refractivity contribution >= 4 is 5.97 Å². The number of esters is 1. The van der Waals surface area contributed by atoms with Gasteiger partial charge in [0, 0.05) is 14.1 Å². The van der Waals surface area contributed by atoms with Crippen LogP contribution in [0, 0.1) is 5.92 Å². The summed E-state index contributed by atoms with van der Waals surface area (Å²) in [6, 6.07) is 0. The average molecular weight is 268 g/mol. The number of allylic oxidation sites excluding steroid dienone is 2. The van der Waals surface area contributed by atoms with Crippen LogP contribution in [-0.2, 0) is 9.53 Å². The standard InChI is InChI=1S/C15H28N2O2/c1-5-7-9-13(6-2)12-19-15(18)14(16)10-8-11-17(3)4/h8,10-11,13H,5-7,9,12,16H2,1-4H3/b11-8+,14-10+. The number of carbonyl (C=O) groups is 1. The molecule has 0 saturated heterocycles. The van der Waals surface area contributed by atoms with E-state index in [1.54, 1.807) is 12.2 Å². The first kappa shape index (κ1) is 17.6. The molecular formula is C15H28N2O2. The molecule has 0 bridgehead atoms. The molecule has 0 radical (unpaired) electrons. The zero-order chi connectivity index (χ0) is 14.7. The lowest BCUT2D eigenvalue weighted by atomic mass is 10.0. The minimum absolute atomic E-state index is 0.142. The van der Waals surface area contributed by atoms with E-state index in [-0.39, 0.29) is 5.70 Å². The molecule has 0 spiro atoms. The zero-order valence-electron chi connectivity index (χ0n) is 12.7. The average Bonchev–Trinajstić information content (AvgIpc) is 2.38. The summed E-state index contributed by atoms with van der Waals surface area (Å²) >= 11 is 0. The fraction of sp³-hybridized carbons (Fsp3) is 0.667. The second kappa shape index (κ2) is 10.5. The van der Waals surface area contributed by atoms with Crippen LogP contribution >= 0.6 is 0 Å². The molecule has 0 aromatic carbocycles. The van der Waals surface area contributed by atoms with Gasteiger partial charge in [-0.15, -0.1) is 0 Å². The molecule has 0 aliphatic heterocycles. The maximum absolute atomic E-state index is 11.6. The van der Waals surface area contributed by atoms with E-state index in [0.29, 0.717) is 12.5 Å². The van der Waals surface area contributed by atoms with E-state index in [0.717, 1.165) is 12.8 Å². The smallest absolute Gasteiger partial charge is 0.354 e. The second-order valence-corrected chi connectivity index (χ2v) is 4.94. The Labute approximate surface area is 117 Å². The third-order valence-corrected chi connectivity index (χ3v) is 2.89. The molecule has 0 aromatic heterocycles. The molecule has 4 heteroatoms. The first-order valence-electron chi connectivity index (χ1n) is 6.98. The number of hydrogen-bond donors (Lipinski definition) is 1. The van der Waals surface area contributed by atoms with Gasteiger partial charge in [-0.1, -0.05) is 33.1 Å². The van der Waals surface area contributed by atoms with Crippen molar-refractivity contribution in [2.24, 2.45) is 11.7 Å². The molecule has 2 N–H and O–H groups in total. The third-order valence-electron chi connectivity index (χ3n) is 2.89. The van der Waals surface area contributed by atoms with Crippen LogP contribution in [0.15, 0.2) is 24.0 Å². The summed E-state index contributed by atoms with van der Waals surface area (Å²) in [6.07, 6.45) is 9.58. The first-order valence-corrected chi connectivity index (χ1v) is 6.98. The van der Waals surface area contributed by atoms with Crippen LogP contribution in [0.25, 0.3) is 0 Å². The van der Waals surface area contributed by atoms with Gasteiger partial charge in [0.1, 0.15) is 5.70 Å². The normalized spacial score (nSPS) is 13.6. The molecule has 4 nitrogen and oxygen atoms in total. The largest absolute Gasteiger partial charge is 0.461 e. The highest BCUT2D eigenvalue weighted by molar-refractivity contribution is 5.87. The summed E-state index contributed by atoms with van der Waals surface area (Å²) in [6.45, 7) is 4.74. The van der Waals surface area contributed by atoms with Crippen LogP contribution in [0.5, 0.6) is 0 Å². The molecule has 0 rings (SSSR count). The molecule has 0 saturated carbocycles. The molecule has 1 atom stereocenters. The van der Waals surface area contributed by atoms with Crippen LogP contribution in [0.4, 0.5) is 0 Å². The van der Waals surface area contributed by atoms with Crippen LogP contribution in [0.2, 0.25) is 0 Å². The van der Waals surface area contributed by atoms with Gasteiger partial charge in [-0.05, 0) is 30.7 Å². The van der Waals surface area contributed by atoms with Gasteiger partial charge in [-0.3, -0.25) is 0 Å². The fourth-order valence-corrected chi connectivity index (χ4v) is 1.56. The number of hydrogen-bond acceptors (Lipinski definition) is 4. The Bertz CT molecular complexity index is 309. The van der Waals surface area contributed by atoms with Gasteiger partial charge in [0.25, 0.3) is 0 Å². The number of carbonyl (C=O) groups excluding carboxylic acids is 1. The molecule has 0 heterocycles. The van der Waals surface area contributed by atoms with Crippen molar-refractivity contribution in [3.63, 3.8) is 0 Å². The maximum atomic E-state index is 11.6. The minimum Gasteiger partial charge on any atom is -0.461 e. The highest BCUT2D eigenvalue weighted by Gasteiger charge is 2.11. The Morgan fingerprint density at radius 3 is 2.58 bits per heavy atom. The lowest BCUT2D eigenvalue weighted by Gasteiger charge is -2.14. The highest BCUT2D eigenvalue weighted by Crippen LogP contribution is 2.13. The van der Waals surface area contributed by atoms with E-state index < -0.39 is 5.97 Å². The molecule has 0 aliphatic carbocycles. The van der Waals surface area contributed by atoms with Crippen molar-refractivity contribution in [3.8, 4) is 0 Å². The summed E-state index contributed by atoms with van der Waals surface area (Å²) in [4.78, 5) is 13.5. The van der Waals surface area contributed by atoms with Crippen molar-refractivity contribution in [1.82, 2.24) is 4.90 Å². The van der Waals surface area contributed by atoms with Gasteiger partial charge >= 0.3 is 5.97 Å². The van der Waals surface area contributed by atoms with E-state index in [9.17, 15) is 4.79 Å². The Morgan fingerprint density at radius 2 is 2.05 bits per heavy atom. The predicted molar refractivity (Wildman–Crippen MR) is 79.4 cm³/mol. The van der Waals surface area contributed by atoms with E-state index in [2.05, 4.69) is 13.8 Å². The number of unbranched alkanes of at least 4 members (excludes halogenated alkanes) is 1. The molecular weight excluding hydrogens is 240 g/mol. The fourth-order valence-electron chi connectivity index (χ4n) is 1.56. The molecule has 0 aromatic rings. The Hall–Kier alpha value is -1.45. The van der Waals surface area contributed by atoms with Crippen molar-refractivity contribution in [2.45, 2.75) is 39.5 Å². The maximum Gasteiger partial charge on any atom is 0.354 e. The van der Waals surface area contributed by atoms with Crippen LogP contribution < -0.4 is 5.73 Å². The van der Waals surface area contributed by atoms with Crippen molar-refractivity contribution < 1.29 is 9.53 Å². The first-order chi connectivity index (χ1) is 9.01. The summed E-state index contributed by atoms with van der Waals surface area (Å²) in [5.41, 5.74) is 5.79. The minimum atomic E-state index is -0.432. The van der Waals surface area contributed by atoms with Gasteiger partial charge in [-0.2, -0.15) is 0 Å². The topological polar surface area (TPSA) is 55.6 Å². The Balaban J connectivity index is 4.14. The molecule has 0 amide bonds. The quantitative estimate of drug-likeness (QED) is 0.397. The highest BCUT2D eigenvalue weighted by atomic mass is 16.5. The predicted octanol–water partition coefficient (Wildman–Crippen LogP) is 2.66. The molecule has 110 valence electrons. The van der Waals surface area contributed by atoms with E-state index in [4.69, 9.17) is 10.5 Å². The number of nitrogens with two attached hydrogens (primary N) is 1.